The summed E-state index contributed by atoms with van der Waals surface area (Å²) < 4.78 is 43.5. The Balaban J connectivity index is 2.02. The van der Waals surface area contributed by atoms with Crippen molar-refractivity contribution in [2.24, 2.45) is 0 Å². The number of halogens is 3. The highest BCUT2D eigenvalue weighted by atomic mass is 19.3. The first-order valence-corrected chi connectivity index (χ1v) is 6.07. The van der Waals surface area contributed by atoms with E-state index in [0.717, 1.165) is 18.3 Å². The Hall–Kier alpha value is -2.18. The topological polar surface area (TPSA) is 39.1 Å². The summed E-state index contributed by atoms with van der Waals surface area (Å²) in [5.74, 6) is -1.30. The highest BCUT2D eigenvalue weighted by Gasteiger charge is 2.10. The van der Waals surface area contributed by atoms with Crippen molar-refractivity contribution in [1.29, 1.82) is 0 Å². The molecule has 2 aromatic rings. The smallest absolute Gasteiger partial charge is 0.387 e. The predicted octanol–water partition coefficient (Wildman–Crippen LogP) is 3.26. The SMILES string of the molecule is CCn1cncc1CNc1ccc(OC(F)F)c(F)c1. The average molecular weight is 285 g/mol. The number of aromatic nitrogens is 2. The van der Waals surface area contributed by atoms with E-state index in [9.17, 15) is 13.2 Å². The third kappa shape index (κ3) is 3.43. The minimum atomic E-state index is -3.04. The Kier molecular flexibility index (Phi) is 4.49. The summed E-state index contributed by atoms with van der Waals surface area (Å²) in [6, 6.07) is 3.76. The molecule has 20 heavy (non-hydrogen) atoms. The highest BCUT2D eigenvalue weighted by molar-refractivity contribution is 5.47. The van der Waals surface area contributed by atoms with Gasteiger partial charge in [0.2, 0.25) is 0 Å². The Bertz CT molecular complexity index is 572. The molecule has 0 aliphatic rings. The molecule has 0 aliphatic heterocycles. The van der Waals surface area contributed by atoms with Crippen molar-refractivity contribution in [3.63, 3.8) is 0 Å². The first kappa shape index (κ1) is 14.2. The molecule has 1 N–H and O–H groups in total. The van der Waals surface area contributed by atoms with Crippen LogP contribution < -0.4 is 10.1 Å². The van der Waals surface area contributed by atoms with Crippen molar-refractivity contribution >= 4 is 5.69 Å². The van der Waals surface area contributed by atoms with Crippen molar-refractivity contribution < 1.29 is 17.9 Å². The third-order valence-corrected chi connectivity index (χ3v) is 2.76. The second kappa shape index (κ2) is 6.31. The highest BCUT2D eigenvalue weighted by Crippen LogP contribution is 2.23. The minimum absolute atomic E-state index is 0.461. The number of anilines is 1. The van der Waals surface area contributed by atoms with Gasteiger partial charge in [-0.3, -0.25) is 0 Å². The number of imidazole rings is 1. The molecule has 1 heterocycles. The maximum Gasteiger partial charge on any atom is 0.387 e. The van der Waals surface area contributed by atoms with Gasteiger partial charge in [-0.15, -0.1) is 0 Å². The normalized spacial score (nSPS) is 10.8. The van der Waals surface area contributed by atoms with Crippen LogP contribution in [0.2, 0.25) is 0 Å². The quantitative estimate of drug-likeness (QED) is 0.885. The molecule has 0 saturated heterocycles. The number of hydrogen-bond donors (Lipinski definition) is 1. The van der Waals surface area contributed by atoms with E-state index in [2.05, 4.69) is 15.0 Å². The number of ether oxygens (including phenoxy) is 1. The molecule has 0 spiro atoms. The summed E-state index contributed by atoms with van der Waals surface area (Å²) in [4.78, 5) is 4.02. The number of nitrogens with zero attached hydrogens (tertiary/aromatic N) is 2. The molecule has 108 valence electrons. The molecule has 0 atom stereocenters. The standard InChI is InChI=1S/C13H14F3N3O/c1-2-19-8-17-6-10(19)7-18-9-3-4-12(11(14)5-9)20-13(15)16/h3-6,8,13,18H,2,7H2,1H3. The van der Waals surface area contributed by atoms with E-state index in [1.807, 2.05) is 11.5 Å². The Morgan fingerprint density at radius 3 is 2.85 bits per heavy atom. The summed E-state index contributed by atoms with van der Waals surface area (Å²) in [5, 5.41) is 3.00. The van der Waals surface area contributed by atoms with E-state index >= 15 is 0 Å². The lowest BCUT2D eigenvalue weighted by atomic mass is 10.3. The second-order valence-corrected chi connectivity index (χ2v) is 4.05. The third-order valence-electron chi connectivity index (χ3n) is 2.76. The molecule has 7 heteroatoms. The number of alkyl halides is 2. The van der Waals surface area contributed by atoms with Crippen LogP contribution in [0, 0.1) is 5.82 Å². The van der Waals surface area contributed by atoms with Crippen LogP contribution in [0.25, 0.3) is 0 Å². The molecule has 0 amide bonds. The number of rotatable bonds is 6. The summed E-state index contributed by atoms with van der Waals surface area (Å²) in [6.07, 6.45) is 3.41. The number of benzene rings is 1. The van der Waals surface area contributed by atoms with E-state index in [4.69, 9.17) is 0 Å². The van der Waals surface area contributed by atoms with Crippen LogP contribution in [-0.2, 0) is 13.1 Å². The first-order valence-electron chi connectivity index (χ1n) is 6.07. The number of hydrogen-bond acceptors (Lipinski definition) is 3. The Morgan fingerprint density at radius 2 is 2.20 bits per heavy atom. The molecule has 1 aromatic heterocycles. The van der Waals surface area contributed by atoms with Crippen LogP contribution in [0.3, 0.4) is 0 Å². The zero-order valence-corrected chi connectivity index (χ0v) is 10.8. The molecular formula is C13H14F3N3O. The largest absolute Gasteiger partial charge is 0.432 e. The van der Waals surface area contributed by atoms with Gasteiger partial charge in [-0.05, 0) is 19.1 Å². The number of nitrogens with one attached hydrogen (secondary N) is 1. The van der Waals surface area contributed by atoms with E-state index in [-0.39, 0.29) is 0 Å². The molecule has 0 saturated carbocycles. The fourth-order valence-electron chi connectivity index (χ4n) is 1.78. The van der Waals surface area contributed by atoms with Gasteiger partial charge in [0.25, 0.3) is 0 Å². The fourth-order valence-corrected chi connectivity index (χ4v) is 1.78. The van der Waals surface area contributed by atoms with E-state index in [1.165, 1.54) is 12.1 Å². The predicted molar refractivity (Wildman–Crippen MR) is 68.3 cm³/mol. The van der Waals surface area contributed by atoms with E-state index in [0.29, 0.717) is 12.2 Å². The average Bonchev–Trinajstić information content (AvgIpc) is 2.86. The lowest BCUT2D eigenvalue weighted by Crippen LogP contribution is -2.07. The Labute approximate surface area is 114 Å². The Morgan fingerprint density at radius 1 is 1.40 bits per heavy atom. The van der Waals surface area contributed by atoms with Crippen molar-refractivity contribution in [2.75, 3.05) is 5.32 Å². The van der Waals surface area contributed by atoms with Crippen LogP contribution in [0.1, 0.15) is 12.6 Å². The molecule has 1 aromatic carbocycles. The van der Waals surface area contributed by atoms with Crippen molar-refractivity contribution in [2.45, 2.75) is 26.6 Å². The number of aryl methyl sites for hydroxylation is 1. The first-order chi connectivity index (χ1) is 9.60. The van der Waals surface area contributed by atoms with Crippen molar-refractivity contribution in [3.8, 4) is 5.75 Å². The van der Waals surface area contributed by atoms with Gasteiger partial charge < -0.3 is 14.6 Å². The summed E-state index contributed by atoms with van der Waals surface area (Å²) in [6.45, 7) is 0.193. The molecule has 0 fully saturated rings. The van der Waals surface area contributed by atoms with Crippen molar-refractivity contribution in [3.05, 3.63) is 42.2 Å². The molecule has 0 radical (unpaired) electrons. The van der Waals surface area contributed by atoms with Gasteiger partial charge >= 0.3 is 6.61 Å². The molecule has 0 bridgehead atoms. The van der Waals surface area contributed by atoms with Crippen LogP contribution in [-0.4, -0.2) is 16.2 Å². The van der Waals surface area contributed by atoms with Crippen LogP contribution in [0.4, 0.5) is 18.9 Å². The maximum absolute atomic E-state index is 13.5. The van der Waals surface area contributed by atoms with Gasteiger partial charge in [0.15, 0.2) is 11.6 Å². The van der Waals surface area contributed by atoms with Crippen molar-refractivity contribution in [1.82, 2.24) is 9.55 Å². The van der Waals surface area contributed by atoms with E-state index in [1.54, 1.807) is 12.5 Å². The zero-order chi connectivity index (χ0) is 14.5. The maximum atomic E-state index is 13.5. The van der Waals surface area contributed by atoms with Crippen LogP contribution in [0.15, 0.2) is 30.7 Å². The summed E-state index contributed by atoms with van der Waals surface area (Å²) in [7, 11) is 0. The molecule has 0 aliphatic carbocycles. The van der Waals surface area contributed by atoms with Crippen LogP contribution >= 0.6 is 0 Å². The lowest BCUT2D eigenvalue weighted by Gasteiger charge is -2.10. The van der Waals surface area contributed by atoms with Gasteiger partial charge in [-0.2, -0.15) is 8.78 Å². The van der Waals surface area contributed by atoms with Gasteiger partial charge in [0, 0.05) is 24.5 Å². The fraction of sp³-hybridized carbons (Fsp3) is 0.308. The van der Waals surface area contributed by atoms with Gasteiger partial charge in [-0.25, -0.2) is 9.37 Å². The zero-order valence-electron chi connectivity index (χ0n) is 10.8. The molecule has 0 unspecified atom stereocenters. The molecule has 4 nitrogen and oxygen atoms in total. The van der Waals surface area contributed by atoms with Gasteiger partial charge in [0.05, 0.1) is 18.6 Å². The van der Waals surface area contributed by atoms with Crippen LogP contribution in [0.5, 0.6) is 5.75 Å². The van der Waals surface area contributed by atoms with E-state index < -0.39 is 18.2 Å². The minimum Gasteiger partial charge on any atom is -0.432 e. The molecule has 2 rings (SSSR count). The summed E-state index contributed by atoms with van der Waals surface area (Å²) >= 11 is 0. The second-order valence-electron chi connectivity index (χ2n) is 4.05. The lowest BCUT2D eigenvalue weighted by molar-refractivity contribution is -0.0521. The molecular weight excluding hydrogens is 271 g/mol. The van der Waals surface area contributed by atoms with Gasteiger partial charge in [0.1, 0.15) is 0 Å². The monoisotopic (exact) mass is 285 g/mol. The van der Waals surface area contributed by atoms with Gasteiger partial charge in [-0.1, -0.05) is 0 Å². The summed E-state index contributed by atoms with van der Waals surface area (Å²) in [5.41, 5.74) is 1.42.